The van der Waals surface area contributed by atoms with Gasteiger partial charge in [-0.1, -0.05) is 22.0 Å². The van der Waals surface area contributed by atoms with Gasteiger partial charge in [0.2, 0.25) is 0 Å². The highest BCUT2D eigenvalue weighted by Gasteiger charge is 2.11. The van der Waals surface area contributed by atoms with Crippen LogP contribution in [0.2, 0.25) is 0 Å². The number of pyridine rings is 2. The van der Waals surface area contributed by atoms with Crippen LogP contribution in [0.5, 0.6) is 0 Å². The van der Waals surface area contributed by atoms with E-state index in [0.29, 0.717) is 16.6 Å². The summed E-state index contributed by atoms with van der Waals surface area (Å²) in [5.74, 6) is -0.968. The smallest absolute Gasteiger partial charge is 0.336 e. The fourth-order valence-corrected chi connectivity index (χ4v) is 2.50. The van der Waals surface area contributed by atoms with Crippen LogP contribution in [-0.4, -0.2) is 21.0 Å². The molecule has 4 nitrogen and oxygen atoms in total. The normalized spacial score (nSPS) is 11.1. The van der Waals surface area contributed by atoms with E-state index < -0.39 is 5.97 Å². The zero-order chi connectivity index (χ0) is 15.5. The van der Waals surface area contributed by atoms with Crippen LogP contribution in [0, 0.1) is 0 Å². The van der Waals surface area contributed by atoms with Gasteiger partial charge in [-0.05, 0) is 48.0 Å². The van der Waals surface area contributed by atoms with Gasteiger partial charge in [-0.15, -0.1) is 0 Å². The number of fused-ring (bicyclic) bond motifs is 1. The molecule has 0 atom stereocenters. The van der Waals surface area contributed by atoms with Crippen molar-refractivity contribution in [3.8, 4) is 0 Å². The zero-order valence-electron chi connectivity index (χ0n) is 11.4. The predicted octanol–water partition coefficient (Wildman–Crippen LogP) is 4.26. The molecule has 108 valence electrons. The van der Waals surface area contributed by atoms with Crippen molar-refractivity contribution in [3.05, 3.63) is 70.1 Å². The molecule has 0 amide bonds. The van der Waals surface area contributed by atoms with Gasteiger partial charge in [0, 0.05) is 22.3 Å². The number of hydrogen-bond acceptors (Lipinski definition) is 3. The molecule has 1 aromatic carbocycles. The molecule has 1 N–H and O–H groups in total. The van der Waals surface area contributed by atoms with Crippen molar-refractivity contribution in [2.75, 3.05) is 0 Å². The third kappa shape index (κ3) is 3.04. The van der Waals surface area contributed by atoms with E-state index in [1.807, 2.05) is 24.3 Å². The lowest BCUT2D eigenvalue weighted by Crippen LogP contribution is -2.00. The van der Waals surface area contributed by atoms with Gasteiger partial charge in [0.15, 0.2) is 0 Å². The van der Waals surface area contributed by atoms with Crippen molar-refractivity contribution in [1.82, 2.24) is 9.97 Å². The summed E-state index contributed by atoms with van der Waals surface area (Å²) in [5.41, 5.74) is 2.46. The molecule has 0 radical (unpaired) electrons. The predicted molar refractivity (Wildman–Crippen MR) is 89.6 cm³/mol. The molecule has 5 heteroatoms. The molecule has 0 saturated heterocycles. The van der Waals surface area contributed by atoms with Crippen molar-refractivity contribution >= 4 is 45.0 Å². The third-order valence-corrected chi connectivity index (χ3v) is 3.67. The number of rotatable bonds is 3. The molecule has 0 bridgehead atoms. The van der Waals surface area contributed by atoms with Gasteiger partial charge in [-0.25, -0.2) is 9.78 Å². The van der Waals surface area contributed by atoms with Crippen LogP contribution in [-0.2, 0) is 0 Å². The Bertz CT molecular complexity index is 876. The molecule has 0 aliphatic heterocycles. The standard InChI is InChI=1S/C17H11BrN2O2/c18-12-2-4-16-14(9-12)15(17(21)22)10-13(20-16)3-1-11-5-7-19-8-6-11/h1-10H,(H,21,22)/b3-1+. The zero-order valence-corrected chi connectivity index (χ0v) is 13.0. The highest BCUT2D eigenvalue weighted by Crippen LogP contribution is 2.23. The van der Waals surface area contributed by atoms with E-state index in [-0.39, 0.29) is 5.56 Å². The molecule has 0 fully saturated rings. The first kappa shape index (κ1) is 14.4. The second kappa shape index (κ2) is 6.07. The van der Waals surface area contributed by atoms with Crippen LogP contribution in [0.15, 0.2) is 53.3 Å². The first-order chi connectivity index (χ1) is 10.6. The molecule has 3 aromatic rings. The molecule has 0 saturated carbocycles. The summed E-state index contributed by atoms with van der Waals surface area (Å²) in [6.07, 6.45) is 7.07. The summed E-state index contributed by atoms with van der Waals surface area (Å²) >= 11 is 3.35. The van der Waals surface area contributed by atoms with Crippen molar-refractivity contribution in [2.45, 2.75) is 0 Å². The molecule has 2 heterocycles. The Labute approximate surface area is 135 Å². The van der Waals surface area contributed by atoms with E-state index in [9.17, 15) is 9.90 Å². The Morgan fingerprint density at radius 2 is 1.86 bits per heavy atom. The lowest BCUT2D eigenvalue weighted by Gasteiger charge is -2.05. The minimum Gasteiger partial charge on any atom is -0.478 e. The van der Waals surface area contributed by atoms with Gasteiger partial charge in [-0.2, -0.15) is 0 Å². The molecule has 3 rings (SSSR count). The summed E-state index contributed by atoms with van der Waals surface area (Å²) < 4.78 is 0.823. The van der Waals surface area contributed by atoms with E-state index >= 15 is 0 Å². The Balaban J connectivity index is 2.09. The molecule has 0 aliphatic rings. The van der Waals surface area contributed by atoms with Crippen LogP contribution in [0.3, 0.4) is 0 Å². The van der Waals surface area contributed by atoms with Crippen LogP contribution >= 0.6 is 15.9 Å². The number of hydrogen-bond donors (Lipinski definition) is 1. The van der Waals surface area contributed by atoms with Crippen molar-refractivity contribution in [1.29, 1.82) is 0 Å². The largest absolute Gasteiger partial charge is 0.478 e. The quantitative estimate of drug-likeness (QED) is 0.763. The summed E-state index contributed by atoms with van der Waals surface area (Å²) in [4.78, 5) is 19.9. The van der Waals surface area contributed by atoms with Gasteiger partial charge in [0.25, 0.3) is 0 Å². The number of carboxylic acids is 1. The lowest BCUT2D eigenvalue weighted by atomic mass is 10.1. The average molecular weight is 355 g/mol. The van der Waals surface area contributed by atoms with Crippen molar-refractivity contribution in [2.24, 2.45) is 0 Å². The number of nitrogens with zero attached hydrogens (tertiary/aromatic N) is 2. The van der Waals surface area contributed by atoms with Crippen molar-refractivity contribution in [3.63, 3.8) is 0 Å². The van der Waals surface area contributed by atoms with Gasteiger partial charge >= 0.3 is 5.97 Å². The van der Waals surface area contributed by atoms with Crippen LogP contribution in [0.25, 0.3) is 23.1 Å². The van der Waals surface area contributed by atoms with E-state index in [1.54, 1.807) is 36.7 Å². The number of carboxylic acid groups (broad SMARTS) is 1. The molecular weight excluding hydrogens is 344 g/mol. The fraction of sp³-hybridized carbons (Fsp3) is 0. The third-order valence-electron chi connectivity index (χ3n) is 3.17. The number of aromatic nitrogens is 2. The second-order valence-electron chi connectivity index (χ2n) is 4.68. The van der Waals surface area contributed by atoms with Gasteiger partial charge < -0.3 is 5.11 Å². The molecule has 2 aromatic heterocycles. The highest BCUT2D eigenvalue weighted by atomic mass is 79.9. The van der Waals surface area contributed by atoms with Crippen LogP contribution in [0.4, 0.5) is 0 Å². The lowest BCUT2D eigenvalue weighted by molar-refractivity contribution is 0.0699. The first-order valence-corrected chi connectivity index (χ1v) is 7.34. The molecule has 22 heavy (non-hydrogen) atoms. The van der Waals surface area contributed by atoms with Gasteiger partial charge in [0.1, 0.15) is 0 Å². The number of halogens is 1. The summed E-state index contributed by atoms with van der Waals surface area (Å²) in [7, 11) is 0. The Hall–Kier alpha value is -2.53. The van der Waals surface area contributed by atoms with E-state index in [0.717, 1.165) is 10.0 Å². The number of benzene rings is 1. The monoisotopic (exact) mass is 354 g/mol. The second-order valence-corrected chi connectivity index (χ2v) is 5.59. The molecule has 0 aliphatic carbocycles. The van der Waals surface area contributed by atoms with Gasteiger partial charge in [0.05, 0.1) is 16.8 Å². The maximum Gasteiger partial charge on any atom is 0.336 e. The van der Waals surface area contributed by atoms with Gasteiger partial charge in [-0.3, -0.25) is 4.98 Å². The van der Waals surface area contributed by atoms with E-state index in [4.69, 9.17) is 0 Å². The minimum absolute atomic E-state index is 0.237. The van der Waals surface area contributed by atoms with Crippen LogP contribution < -0.4 is 0 Å². The number of aromatic carboxylic acids is 1. The molecule has 0 spiro atoms. The Morgan fingerprint density at radius 1 is 1.09 bits per heavy atom. The van der Waals surface area contributed by atoms with Crippen molar-refractivity contribution < 1.29 is 9.90 Å². The maximum absolute atomic E-state index is 11.5. The SMILES string of the molecule is O=C(O)c1cc(/C=C/c2ccncc2)nc2ccc(Br)cc12. The fourth-order valence-electron chi connectivity index (χ4n) is 2.14. The average Bonchev–Trinajstić information content (AvgIpc) is 2.53. The Kier molecular flexibility index (Phi) is 3.98. The summed E-state index contributed by atoms with van der Waals surface area (Å²) in [5, 5.41) is 10.0. The summed E-state index contributed by atoms with van der Waals surface area (Å²) in [6.45, 7) is 0. The first-order valence-electron chi connectivity index (χ1n) is 6.55. The highest BCUT2D eigenvalue weighted by molar-refractivity contribution is 9.10. The van der Waals surface area contributed by atoms with E-state index in [1.165, 1.54) is 0 Å². The van der Waals surface area contributed by atoms with E-state index in [2.05, 4.69) is 25.9 Å². The number of carbonyl (C=O) groups is 1. The maximum atomic E-state index is 11.5. The molecular formula is C17H11BrN2O2. The summed E-state index contributed by atoms with van der Waals surface area (Å²) in [6, 6.07) is 10.7. The minimum atomic E-state index is -0.968. The topological polar surface area (TPSA) is 63.1 Å². The Morgan fingerprint density at radius 3 is 2.59 bits per heavy atom. The van der Waals surface area contributed by atoms with Crippen LogP contribution in [0.1, 0.15) is 21.6 Å². The molecule has 0 unspecified atom stereocenters.